The fraction of sp³-hybridized carbons (Fsp3) is 0.0833. The summed E-state index contributed by atoms with van der Waals surface area (Å²) in [6.07, 6.45) is 2.27. The van der Waals surface area contributed by atoms with E-state index in [2.05, 4.69) is 4.98 Å². The van der Waals surface area contributed by atoms with Gasteiger partial charge in [-0.25, -0.2) is 14.2 Å². The third-order valence-electron chi connectivity index (χ3n) is 4.70. The molecule has 0 saturated heterocycles. The zero-order chi connectivity index (χ0) is 22.7. The van der Waals surface area contributed by atoms with E-state index in [4.69, 9.17) is 9.47 Å². The van der Waals surface area contributed by atoms with Gasteiger partial charge in [0.1, 0.15) is 11.5 Å². The first-order valence-corrected chi connectivity index (χ1v) is 9.76. The molecule has 0 radical (unpaired) electrons. The molecule has 32 heavy (non-hydrogen) atoms. The normalized spacial score (nSPS) is 10.7. The molecule has 4 rings (SSSR count). The summed E-state index contributed by atoms with van der Waals surface area (Å²) in [6.45, 7) is 1.80. The number of pyridine rings is 2. The molecule has 0 bridgehead atoms. The molecule has 1 N–H and O–H groups in total. The molecule has 160 valence electrons. The van der Waals surface area contributed by atoms with Gasteiger partial charge in [-0.05, 0) is 61.0 Å². The Balaban J connectivity index is 1.76. The van der Waals surface area contributed by atoms with E-state index in [1.54, 1.807) is 49.5 Å². The number of phenolic OH excluding ortho intramolecular Hbond substituents is 1. The highest BCUT2D eigenvalue weighted by Crippen LogP contribution is 2.27. The van der Waals surface area contributed by atoms with Crippen molar-refractivity contribution in [2.24, 2.45) is 0 Å². The molecule has 0 spiro atoms. The predicted molar refractivity (Wildman–Crippen MR) is 117 cm³/mol. The maximum atomic E-state index is 12.7. The minimum absolute atomic E-state index is 0.0928. The highest BCUT2D eigenvalue weighted by molar-refractivity contribution is 5.93. The van der Waals surface area contributed by atoms with Gasteiger partial charge in [-0.2, -0.15) is 0 Å². The number of aromatic hydroxyl groups is 1. The first-order valence-electron chi connectivity index (χ1n) is 9.76. The van der Waals surface area contributed by atoms with E-state index >= 15 is 0 Å². The summed E-state index contributed by atoms with van der Waals surface area (Å²) in [5, 5.41) is 10.2. The lowest BCUT2D eigenvalue weighted by atomic mass is 10.1. The lowest BCUT2D eigenvalue weighted by molar-refractivity contribution is 0.0734. The molecule has 2 aromatic carbocycles. The van der Waals surface area contributed by atoms with Crippen LogP contribution in [0.1, 0.15) is 17.3 Å². The van der Waals surface area contributed by atoms with Crippen molar-refractivity contribution >= 4 is 23.0 Å². The Kier molecular flexibility index (Phi) is 5.67. The second-order valence-electron chi connectivity index (χ2n) is 6.79. The SMILES string of the molecule is CCOC(=O)n1c(-c2ccc(OC(=O)c3cccnc3)cc2)cc(=O)c2ccc(O)cc21. The molecule has 0 atom stereocenters. The van der Waals surface area contributed by atoms with Crippen molar-refractivity contribution in [3.8, 4) is 22.8 Å². The smallest absolute Gasteiger partial charge is 0.418 e. The van der Waals surface area contributed by atoms with Crippen LogP contribution in [0.4, 0.5) is 4.79 Å². The maximum Gasteiger partial charge on any atom is 0.418 e. The number of ether oxygens (including phenoxy) is 2. The van der Waals surface area contributed by atoms with Crippen molar-refractivity contribution in [2.45, 2.75) is 6.92 Å². The second-order valence-corrected chi connectivity index (χ2v) is 6.79. The number of rotatable bonds is 4. The predicted octanol–water partition coefficient (Wildman–Crippen LogP) is 3.99. The summed E-state index contributed by atoms with van der Waals surface area (Å²) < 4.78 is 11.7. The zero-order valence-corrected chi connectivity index (χ0v) is 17.0. The fourth-order valence-electron chi connectivity index (χ4n) is 3.25. The van der Waals surface area contributed by atoms with Crippen LogP contribution in [0.25, 0.3) is 22.2 Å². The number of hydrogen-bond acceptors (Lipinski definition) is 7. The minimum Gasteiger partial charge on any atom is -0.508 e. The summed E-state index contributed by atoms with van der Waals surface area (Å²) in [6, 6.07) is 15.0. The van der Waals surface area contributed by atoms with Crippen LogP contribution >= 0.6 is 0 Å². The van der Waals surface area contributed by atoms with E-state index in [9.17, 15) is 19.5 Å². The number of aromatic nitrogens is 2. The molecule has 0 aliphatic rings. The average molecular weight is 430 g/mol. The molecule has 0 aliphatic carbocycles. The van der Waals surface area contributed by atoms with Gasteiger partial charge in [0.25, 0.3) is 0 Å². The van der Waals surface area contributed by atoms with E-state index in [1.807, 2.05) is 0 Å². The molecule has 0 saturated carbocycles. The van der Waals surface area contributed by atoms with Gasteiger partial charge >= 0.3 is 12.1 Å². The first kappa shape index (κ1) is 20.8. The van der Waals surface area contributed by atoms with Crippen LogP contribution in [0, 0.1) is 0 Å². The number of esters is 1. The van der Waals surface area contributed by atoms with E-state index in [-0.39, 0.29) is 40.1 Å². The number of hydrogen-bond donors (Lipinski definition) is 1. The average Bonchev–Trinajstić information content (AvgIpc) is 2.80. The molecule has 8 heteroatoms. The molecule has 4 aromatic rings. The molecular weight excluding hydrogens is 412 g/mol. The van der Waals surface area contributed by atoms with Crippen molar-refractivity contribution in [1.82, 2.24) is 9.55 Å². The van der Waals surface area contributed by atoms with Crippen molar-refractivity contribution < 1.29 is 24.2 Å². The molecule has 2 aromatic heterocycles. The highest BCUT2D eigenvalue weighted by atomic mass is 16.5. The fourth-order valence-corrected chi connectivity index (χ4v) is 3.25. The highest BCUT2D eigenvalue weighted by Gasteiger charge is 2.18. The van der Waals surface area contributed by atoms with Crippen molar-refractivity contribution in [3.05, 3.63) is 88.8 Å². The summed E-state index contributed by atoms with van der Waals surface area (Å²) in [7, 11) is 0. The van der Waals surface area contributed by atoms with Gasteiger partial charge in [0, 0.05) is 29.9 Å². The van der Waals surface area contributed by atoms with Crippen LogP contribution in [0.5, 0.6) is 11.5 Å². The first-order chi connectivity index (χ1) is 15.5. The van der Waals surface area contributed by atoms with Crippen LogP contribution in [0.2, 0.25) is 0 Å². The maximum absolute atomic E-state index is 12.7. The van der Waals surface area contributed by atoms with Crippen molar-refractivity contribution in [1.29, 1.82) is 0 Å². The Labute approximate surface area is 182 Å². The van der Waals surface area contributed by atoms with Gasteiger partial charge in [-0.3, -0.25) is 9.78 Å². The van der Waals surface area contributed by atoms with E-state index in [0.29, 0.717) is 11.1 Å². The Morgan fingerprint density at radius 1 is 1.06 bits per heavy atom. The van der Waals surface area contributed by atoms with E-state index < -0.39 is 12.1 Å². The second kappa shape index (κ2) is 8.73. The summed E-state index contributed by atoms with van der Waals surface area (Å²) in [4.78, 5) is 41.5. The van der Waals surface area contributed by atoms with Crippen LogP contribution < -0.4 is 10.2 Å². The van der Waals surface area contributed by atoms with Gasteiger partial charge in [0.15, 0.2) is 5.43 Å². The molecule has 0 unspecified atom stereocenters. The molecule has 2 heterocycles. The van der Waals surface area contributed by atoms with Crippen molar-refractivity contribution in [2.75, 3.05) is 6.61 Å². The van der Waals surface area contributed by atoms with Gasteiger partial charge in [0.2, 0.25) is 0 Å². The van der Waals surface area contributed by atoms with Crippen LogP contribution in [-0.4, -0.2) is 33.3 Å². The Bertz CT molecular complexity index is 1360. The number of fused-ring (bicyclic) bond motifs is 1. The molecule has 0 amide bonds. The quantitative estimate of drug-likeness (QED) is 0.385. The van der Waals surface area contributed by atoms with Gasteiger partial charge < -0.3 is 14.6 Å². The molecule has 0 fully saturated rings. The van der Waals surface area contributed by atoms with Crippen molar-refractivity contribution in [3.63, 3.8) is 0 Å². The Morgan fingerprint density at radius 3 is 2.53 bits per heavy atom. The number of nitrogens with zero attached hydrogens (tertiary/aromatic N) is 2. The van der Waals surface area contributed by atoms with E-state index in [1.165, 1.54) is 35.0 Å². The van der Waals surface area contributed by atoms with Gasteiger partial charge in [-0.15, -0.1) is 0 Å². The summed E-state index contributed by atoms with van der Waals surface area (Å²) in [5.74, 6) is -0.369. The number of carbonyl (C=O) groups is 2. The third kappa shape index (κ3) is 4.06. The number of phenols is 1. The third-order valence-corrected chi connectivity index (χ3v) is 4.70. The van der Waals surface area contributed by atoms with Crippen LogP contribution in [0.15, 0.2) is 77.9 Å². The summed E-state index contributed by atoms with van der Waals surface area (Å²) >= 11 is 0. The lowest BCUT2D eigenvalue weighted by Crippen LogP contribution is -2.20. The van der Waals surface area contributed by atoms with Crippen LogP contribution in [-0.2, 0) is 4.74 Å². The summed E-state index contributed by atoms with van der Waals surface area (Å²) in [5.41, 5.74) is 1.00. The standard InChI is InChI=1S/C24H18N2O6/c1-2-31-24(30)26-20(13-22(28)19-10-7-17(27)12-21(19)26)15-5-8-18(9-6-15)32-23(29)16-4-3-11-25-14-16/h3-14,27H,2H2,1H3. The zero-order valence-electron chi connectivity index (χ0n) is 17.0. The van der Waals surface area contributed by atoms with Gasteiger partial charge in [-0.1, -0.05) is 0 Å². The minimum atomic E-state index is -0.690. The molecule has 0 aliphatic heterocycles. The monoisotopic (exact) mass is 430 g/mol. The van der Waals surface area contributed by atoms with E-state index in [0.717, 1.165) is 0 Å². The van der Waals surface area contributed by atoms with Crippen LogP contribution in [0.3, 0.4) is 0 Å². The van der Waals surface area contributed by atoms with Gasteiger partial charge in [0.05, 0.1) is 23.4 Å². The number of benzene rings is 2. The molecular formula is C24H18N2O6. The lowest BCUT2D eigenvalue weighted by Gasteiger charge is -2.16. The number of carbonyl (C=O) groups excluding carboxylic acids is 2. The molecule has 8 nitrogen and oxygen atoms in total. The topological polar surface area (TPSA) is 108 Å². The Morgan fingerprint density at radius 2 is 1.84 bits per heavy atom. The largest absolute Gasteiger partial charge is 0.508 e. The Hall–Kier alpha value is -4.46.